The minimum atomic E-state index is -0.699. The fourth-order valence-electron chi connectivity index (χ4n) is 1.32. The minimum absolute atomic E-state index is 0.596. The molecule has 13 heavy (non-hydrogen) atoms. The fraction of sp³-hybridized carbons (Fsp3) is 0.455. The van der Waals surface area contributed by atoms with Crippen molar-refractivity contribution in [3.05, 3.63) is 34.3 Å². The largest absolute Gasteiger partial charge is 0.390 e. The molecule has 0 bridgehead atoms. The van der Waals surface area contributed by atoms with Crippen LogP contribution in [0.15, 0.2) is 18.2 Å². The predicted octanol–water partition coefficient (Wildman–Crippen LogP) is 2.96. The highest BCUT2D eigenvalue weighted by molar-refractivity contribution is 6.31. The quantitative estimate of drug-likeness (QED) is 0.775. The third kappa shape index (κ3) is 3.02. The number of halogens is 1. The number of rotatable bonds is 2. The Bertz CT molecular complexity index is 279. The topological polar surface area (TPSA) is 20.2 Å². The Kier molecular flexibility index (Phi) is 2.99. The Morgan fingerprint density at radius 2 is 2.00 bits per heavy atom. The van der Waals surface area contributed by atoms with Crippen LogP contribution in [0.4, 0.5) is 0 Å². The lowest BCUT2D eigenvalue weighted by molar-refractivity contribution is 0.0808. The minimum Gasteiger partial charge on any atom is -0.390 e. The van der Waals surface area contributed by atoms with Crippen molar-refractivity contribution in [2.75, 3.05) is 0 Å². The summed E-state index contributed by atoms with van der Waals surface area (Å²) in [5.74, 6) is 0. The van der Waals surface area contributed by atoms with Crippen molar-refractivity contribution in [1.82, 2.24) is 0 Å². The van der Waals surface area contributed by atoms with E-state index in [1.807, 2.05) is 25.1 Å². The first-order chi connectivity index (χ1) is 5.90. The van der Waals surface area contributed by atoms with Crippen LogP contribution in [0.5, 0.6) is 0 Å². The fourth-order valence-corrected chi connectivity index (χ4v) is 1.61. The van der Waals surface area contributed by atoms with E-state index >= 15 is 0 Å². The van der Waals surface area contributed by atoms with Crippen LogP contribution in [0.25, 0.3) is 0 Å². The molecule has 0 aromatic heterocycles. The maximum absolute atomic E-state index is 9.66. The molecule has 0 saturated carbocycles. The SMILES string of the molecule is Cc1cccc(Cl)c1CC(C)(C)O. The van der Waals surface area contributed by atoms with Crippen LogP contribution in [0, 0.1) is 6.92 Å². The summed E-state index contributed by atoms with van der Waals surface area (Å²) in [6, 6.07) is 5.79. The molecule has 2 heteroatoms. The van der Waals surface area contributed by atoms with Crippen LogP contribution in [0.3, 0.4) is 0 Å². The first kappa shape index (κ1) is 10.6. The summed E-state index contributed by atoms with van der Waals surface area (Å²) < 4.78 is 0. The van der Waals surface area contributed by atoms with Gasteiger partial charge in [-0.25, -0.2) is 0 Å². The Hall–Kier alpha value is -0.530. The molecule has 72 valence electrons. The molecule has 1 rings (SSSR count). The van der Waals surface area contributed by atoms with Crippen LogP contribution in [-0.2, 0) is 6.42 Å². The van der Waals surface area contributed by atoms with Crippen LogP contribution < -0.4 is 0 Å². The number of aryl methyl sites for hydroxylation is 1. The Morgan fingerprint density at radius 1 is 1.38 bits per heavy atom. The highest BCUT2D eigenvalue weighted by Gasteiger charge is 2.16. The number of hydrogen-bond acceptors (Lipinski definition) is 1. The van der Waals surface area contributed by atoms with Crippen molar-refractivity contribution in [1.29, 1.82) is 0 Å². The summed E-state index contributed by atoms with van der Waals surface area (Å²) in [5, 5.41) is 10.4. The van der Waals surface area contributed by atoms with Gasteiger partial charge in [-0.2, -0.15) is 0 Å². The number of hydrogen-bond donors (Lipinski definition) is 1. The molecule has 0 radical (unpaired) electrons. The van der Waals surface area contributed by atoms with Crippen molar-refractivity contribution >= 4 is 11.6 Å². The molecular formula is C11H15ClO. The Morgan fingerprint density at radius 3 is 2.46 bits per heavy atom. The molecule has 0 saturated heterocycles. The zero-order chi connectivity index (χ0) is 10.1. The van der Waals surface area contributed by atoms with E-state index in [1.54, 1.807) is 13.8 Å². The molecule has 1 aromatic rings. The van der Waals surface area contributed by atoms with Crippen LogP contribution in [-0.4, -0.2) is 10.7 Å². The molecule has 0 atom stereocenters. The van der Waals surface area contributed by atoms with Crippen molar-refractivity contribution in [3.63, 3.8) is 0 Å². The summed E-state index contributed by atoms with van der Waals surface area (Å²) in [4.78, 5) is 0. The number of benzene rings is 1. The van der Waals surface area contributed by atoms with Gasteiger partial charge in [0.2, 0.25) is 0 Å². The van der Waals surface area contributed by atoms with E-state index in [0.717, 1.165) is 16.1 Å². The van der Waals surface area contributed by atoms with Crippen LogP contribution >= 0.6 is 11.6 Å². The molecule has 0 aliphatic heterocycles. The van der Waals surface area contributed by atoms with Gasteiger partial charge in [0.1, 0.15) is 0 Å². The van der Waals surface area contributed by atoms with Gasteiger partial charge in [-0.15, -0.1) is 0 Å². The van der Waals surface area contributed by atoms with Gasteiger partial charge in [0.15, 0.2) is 0 Å². The molecule has 0 amide bonds. The van der Waals surface area contributed by atoms with Gasteiger partial charge in [0.25, 0.3) is 0 Å². The second-order valence-electron chi connectivity index (χ2n) is 4.02. The predicted molar refractivity (Wildman–Crippen MR) is 56.2 cm³/mol. The second kappa shape index (κ2) is 3.69. The summed E-state index contributed by atoms with van der Waals surface area (Å²) >= 11 is 6.02. The van der Waals surface area contributed by atoms with E-state index in [2.05, 4.69) is 0 Å². The van der Waals surface area contributed by atoms with Crippen LogP contribution in [0.2, 0.25) is 5.02 Å². The summed E-state index contributed by atoms with van der Waals surface area (Å²) in [6.45, 7) is 5.58. The number of aliphatic hydroxyl groups is 1. The van der Waals surface area contributed by atoms with Gasteiger partial charge < -0.3 is 5.11 Å². The molecule has 1 N–H and O–H groups in total. The molecule has 0 aliphatic carbocycles. The van der Waals surface area contributed by atoms with E-state index < -0.39 is 5.60 Å². The normalized spacial score (nSPS) is 11.8. The molecule has 0 fully saturated rings. The first-order valence-electron chi connectivity index (χ1n) is 4.36. The van der Waals surface area contributed by atoms with E-state index in [-0.39, 0.29) is 0 Å². The van der Waals surface area contributed by atoms with Gasteiger partial charge >= 0.3 is 0 Å². The Balaban J connectivity index is 3.00. The molecule has 0 heterocycles. The van der Waals surface area contributed by atoms with Crippen LogP contribution in [0.1, 0.15) is 25.0 Å². The zero-order valence-corrected chi connectivity index (χ0v) is 9.02. The molecule has 1 nitrogen and oxygen atoms in total. The lowest BCUT2D eigenvalue weighted by Crippen LogP contribution is -2.22. The van der Waals surface area contributed by atoms with Gasteiger partial charge in [0, 0.05) is 11.4 Å². The maximum Gasteiger partial charge on any atom is 0.0632 e. The lowest BCUT2D eigenvalue weighted by Gasteiger charge is -2.19. The van der Waals surface area contributed by atoms with E-state index in [4.69, 9.17) is 11.6 Å². The second-order valence-corrected chi connectivity index (χ2v) is 4.43. The lowest BCUT2D eigenvalue weighted by atomic mass is 9.95. The Labute approximate surface area is 84.4 Å². The maximum atomic E-state index is 9.66. The van der Waals surface area contributed by atoms with Gasteiger partial charge in [-0.3, -0.25) is 0 Å². The third-order valence-electron chi connectivity index (χ3n) is 1.96. The average molecular weight is 199 g/mol. The highest BCUT2D eigenvalue weighted by atomic mass is 35.5. The van der Waals surface area contributed by atoms with E-state index in [1.165, 1.54) is 0 Å². The average Bonchev–Trinajstić information content (AvgIpc) is 1.95. The zero-order valence-electron chi connectivity index (χ0n) is 8.26. The molecule has 1 aromatic carbocycles. The van der Waals surface area contributed by atoms with Crippen molar-refractivity contribution in [2.24, 2.45) is 0 Å². The smallest absolute Gasteiger partial charge is 0.0632 e. The van der Waals surface area contributed by atoms with Gasteiger partial charge in [-0.05, 0) is 38.0 Å². The standard InChI is InChI=1S/C11H15ClO/c1-8-5-4-6-10(12)9(8)7-11(2,3)13/h4-6,13H,7H2,1-3H3. The van der Waals surface area contributed by atoms with E-state index in [9.17, 15) is 5.11 Å². The first-order valence-corrected chi connectivity index (χ1v) is 4.74. The van der Waals surface area contributed by atoms with Gasteiger partial charge in [-0.1, -0.05) is 23.7 Å². The van der Waals surface area contributed by atoms with Crippen molar-refractivity contribution in [3.8, 4) is 0 Å². The molecule has 0 spiro atoms. The summed E-state index contributed by atoms with van der Waals surface area (Å²) in [7, 11) is 0. The van der Waals surface area contributed by atoms with E-state index in [0.29, 0.717) is 6.42 Å². The molecular weight excluding hydrogens is 184 g/mol. The summed E-state index contributed by atoms with van der Waals surface area (Å²) in [5.41, 5.74) is 1.47. The highest BCUT2D eigenvalue weighted by Crippen LogP contribution is 2.23. The van der Waals surface area contributed by atoms with Crippen molar-refractivity contribution in [2.45, 2.75) is 32.8 Å². The van der Waals surface area contributed by atoms with Crippen molar-refractivity contribution < 1.29 is 5.11 Å². The third-order valence-corrected chi connectivity index (χ3v) is 2.32. The summed E-state index contributed by atoms with van der Waals surface area (Å²) in [6.07, 6.45) is 0.596. The molecule has 0 aliphatic rings. The molecule has 0 unspecified atom stereocenters. The van der Waals surface area contributed by atoms with Gasteiger partial charge in [0.05, 0.1) is 5.60 Å². The monoisotopic (exact) mass is 198 g/mol.